The summed E-state index contributed by atoms with van der Waals surface area (Å²) in [6, 6.07) is 1.65. The summed E-state index contributed by atoms with van der Waals surface area (Å²) in [5.41, 5.74) is 5.66. The SMILES string of the molecule is CCCc1nc(N)cc(OC2COC2)n1. The Bertz CT molecular complexity index is 339. The molecule has 1 aromatic rings. The van der Waals surface area contributed by atoms with E-state index in [0.717, 1.165) is 18.7 Å². The lowest BCUT2D eigenvalue weighted by Gasteiger charge is -2.26. The van der Waals surface area contributed by atoms with Crippen LogP contribution in [0.3, 0.4) is 0 Å². The predicted octanol–water partition coefficient (Wildman–Crippen LogP) is 0.789. The monoisotopic (exact) mass is 209 g/mol. The molecule has 15 heavy (non-hydrogen) atoms. The Labute approximate surface area is 88.6 Å². The number of nitrogens with zero attached hydrogens (tertiary/aromatic N) is 2. The molecule has 2 heterocycles. The van der Waals surface area contributed by atoms with Gasteiger partial charge in [0.05, 0.1) is 13.2 Å². The Kier molecular flexibility index (Phi) is 3.01. The number of hydrogen-bond donors (Lipinski definition) is 1. The van der Waals surface area contributed by atoms with Crippen LogP contribution in [-0.2, 0) is 11.2 Å². The summed E-state index contributed by atoms with van der Waals surface area (Å²) in [7, 11) is 0. The summed E-state index contributed by atoms with van der Waals surface area (Å²) >= 11 is 0. The van der Waals surface area contributed by atoms with Gasteiger partial charge in [0.2, 0.25) is 5.88 Å². The summed E-state index contributed by atoms with van der Waals surface area (Å²) in [6.07, 6.45) is 1.94. The predicted molar refractivity (Wildman–Crippen MR) is 55.7 cm³/mol. The molecular formula is C10H15N3O2. The highest BCUT2D eigenvalue weighted by molar-refractivity contribution is 5.33. The molecule has 0 aliphatic carbocycles. The van der Waals surface area contributed by atoms with Crippen LogP contribution in [0.5, 0.6) is 5.88 Å². The van der Waals surface area contributed by atoms with Crippen molar-refractivity contribution in [2.75, 3.05) is 18.9 Å². The second kappa shape index (κ2) is 4.44. The first-order chi connectivity index (χ1) is 7.28. The normalized spacial score (nSPS) is 16.1. The van der Waals surface area contributed by atoms with Gasteiger partial charge in [0, 0.05) is 12.5 Å². The second-order valence-corrected chi connectivity index (χ2v) is 3.57. The lowest BCUT2D eigenvalue weighted by atomic mass is 10.3. The summed E-state index contributed by atoms with van der Waals surface area (Å²) in [5, 5.41) is 0. The van der Waals surface area contributed by atoms with Crippen LogP contribution >= 0.6 is 0 Å². The number of nitrogen functional groups attached to an aromatic ring is 1. The van der Waals surface area contributed by atoms with Gasteiger partial charge in [-0.05, 0) is 6.42 Å². The van der Waals surface area contributed by atoms with E-state index in [1.165, 1.54) is 0 Å². The lowest BCUT2D eigenvalue weighted by Crippen LogP contribution is -2.38. The van der Waals surface area contributed by atoms with Crippen LogP contribution in [-0.4, -0.2) is 29.3 Å². The molecule has 0 spiro atoms. The van der Waals surface area contributed by atoms with Crippen LogP contribution in [0.15, 0.2) is 6.07 Å². The van der Waals surface area contributed by atoms with Gasteiger partial charge in [-0.15, -0.1) is 0 Å². The van der Waals surface area contributed by atoms with Crippen molar-refractivity contribution in [3.63, 3.8) is 0 Å². The largest absolute Gasteiger partial charge is 0.469 e. The van der Waals surface area contributed by atoms with E-state index in [0.29, 0.717) is 24.9 Å². The van der Waals surface area contributed by atoms with Crippen LogP contribution in [0.4, 0.5) is 5.82 Å². The van der Waals surface area contributed by atoms with Gasteiger partial charge in [-0.25, -0.2) is 4.98 Å². The van der Waals surface area contributed by atoms with Crippen molar-refractivity contribution in [1.29, 1.82) is 0 Å². The number of anilines is 1. The molecule has 1 aromatic heterocycles. The van der Waals surface area contributed by atoms with Gasteiger partial charge in [0.25, 0.3) is 0 Å². The van der Waals surface area contributed by atoms with Crippen molar-refractivity contribution >= 4 is 5.82 Å². The third-order valence-electron chi connectivity index (χ3n) is 2.14. The van der Waals surface area contributed by atoms with E-state index in [1.807, 2.05) is 0 Å². The van der Waals surface area contributed by atoms with Gasteiger partial charge in [-0.3, -0.25) is 0 Å². The molecule has 2 N–H and O–H groups in total. The highest BCUT2D eigenvalue weighted by Gasteiger charge is 2.21. The number of aryl methyl sites for hydroxylation is 1. The van der Waals surface area contributed by atoms with Gasteiger partial charge in [0.15, 0.2) is 0 Å². The average molecular weight is 209 g/mol. The van der Waals surface area contributed by atoms with Crippen molar-refractivity contribution < 1.29 is 9.47 Å². The van der Waals surface area contributed by atoms with E-state index in [1.54, 1.807) is 6.07 Å². The molecule has 0 radical (unpaired) electrons. The number of aromatic nitrogens is 2. The zero-order valence-corrected chi connectivity index (χ0v) is 8.77. The van der Waals surface area contributed by atoms with Gasteiger partial charge in [-0.2, -0.15) is 4.98 Å². The number of hydrogen-bond acceptors (Lipinski definition) is 5. The molecule has 0 saturated carbocycles. The first-order valence-electron chi connectivity index (χ1n) is 5.15. The van der Waals surface area contributed by atoms with Crippen molar-refractivity contribution in [3.05, 3.63) is 11.9 Å². The van der Waals surface area contributed by atoms with E-state index < -0.39 is 0 Å². The van der Waals surface area contributed by atoms with Gasteiger partial charge < -0.3 is 15.2 Å². The zero-order valence-electron chi connectivity index (χ0n) is 8.77. The Morgan fingerprint density at radius 2 is 2.33 bits per heavy atom. The molecule has 0 aromatic carbocycles. The minimum atomic E-state index is 0.119. The lowest BCUT2D eigenvalue weighted by molar-refractivity contribution is -0.0814. The third-order valence-corrected chi connectivity index (χ3v) is 2.14. The van der Waals surface area contributed by atoms with E-state index >= 15 is 0 Å². The topological polar surface area (TPSA) is 70.3 Å². The van der Waals surface area contributed by atoms with Gasteiger partial charge in [0.1, 0.15) is 17.7 Å². The molecule has 2 rings (SSSR count). The quantitative estimate of drug-likeness (QED) is 0.793. The van der Waals surface area contributed by atoms with Crippen LogP contribution in [0.25, 0.3) is 0 Å². The van der Waals surface area contributed by atoms with E-state index in [2.05, 4.69) is 16.9 Å². The van der Waals surface area contributed by atoms with Crippen LogP contribution in [0.1, 0.15) is 19.2 Å². The highest BCUT2D eigenvalue weighted by atomic mass is 16.6. The van der Waals surface area contributed by atoms with Crippen LogP contribution in [0, 0.1) is 0 Å². The Morgan fingerprint density at radius 3 is 2.93 bits per heavy atom. The molecule has 0 amide bonds. The first-order valence-corrected chi connectivity index (χ1v) is 5.15. The molecule has 1 saturated heterocycles. The fourth-order valence-corrected chi connectivity index (χ4v) is 1.34. The van der Waals surface area contributed by atoms with Crippen molar-refractivity contribution in [2.24, 2.45) is 0 Å². The molecule has 5 heteroatoms. The summed E-state index contributed by atoms with van der Waals surface area (Å²) < 4.78 is 10.6. The summed E-state index contributed by atoms with van der Waals surface area (Å²) in [4.78, 5) is 8.41. The molecule has 5 nitrogen and oxygen atoms in total. The summed E-state index contributed by atoms with van der Waals surface area (Å²) in [6.45, 7) is 3.34. The number of rotatable bonds is 4. The smallest absolute Gasteiger partial charge is 0.219 e. The maximum atomic E-state index is 5.66. The van der Waals surface area contributed by atoms with Crippen LogP contribution in [0.2, 0.25) is 0 Å². The molecule has 82 valence electrons. The standard InChI is InChI=1S/C10H15N3O2/c1-2-3-9-12-8(11)4-10(13-9)15-7-5-14-6-7/h4,7H,2-3,5-6H2,1H3,(H2,11,12,13). The Hall–Kier alpha value is -1.36. The van der Waals surface area contributed by atoms with Crippen molar-refractivity contribution in [3.8, 4) is 5.88 Å². The van der Waals surface area contributed by atoms with E-state index in [-0.39, 0.29) is 6.10 Å². The molecule has 1 fully saturated rings. The third kappa shape index (κ3) is 2.56. The molecule has 1 aliphatic heterocycles. The fraction of sp³-hybridized carbons (Fsp3) is 0.600. The molecule has 0 unspecified atom stereocenters. The van der Waals surface area contributed by atoms with E-state index in [9.17, 15) is 0 Å². The number of nitrogens with two attached hydrogens (primary N) is 1. The average Bonchev–Trinajstić information content (AvgIpc) is 2.11. The minimum absolute atomic E-state index is 0.119. The van der Waals surface area contributed by atoms with Gasteiger partial charge >= 0.3 is 0 Å². The minimum Gasteiger partial charge on any atom is -0.469 e. The Balaban J connectivity index is 2.07. The molecule has 0 bridgehead atoms. The van der Waals surface area contributed by atoms with E-state index in [4.69, 9.17) is 15.2 Å². The fourth-order valence-electron chi connectivity index (χ4n) is 1.34. The van der Waals surface area contributed by atoms with Crippen LogP contribution < -0.4 is 10.5 Å². The second-order valence-electron chi connectivity index (χ2n) is 3.57. The zero-order chi connectivity index (χ0) is 10.7. The Morgan fingerprint density at radius 1 is 1.53 bits per heavy atom. The molecule has 0 atom stereocenters. The highest BCUT2D eigenvalue weighted by Crippen LogP contribution is 2.16. The summed E-state index contributed by atoms with van der Waals surface area (Å²) in [5.74, 6) is 1.76. The number of ether oxygens (including phenoxy) is 2. The molecule has 1 aliphatic rings. The van der Waals surface area contributed by atoms with Crippen molar-refractivity contribution in [2.45, 2.75) is 25.9 Å². The molecular weight excluding hydrogens is 194 g/mol. The maximum absolute atomic E-state index is 5.66. The van der Waals surface area contributed by atoms with Gasteiger partial charge in [-0.1, -0.05) is 6.92 Å². The maximum Gasteiger partial charge on any atom is 0.219 e. The van der Waals surface area contributed by atoms with Crippen molar-refractivity contribution in [1.82, 2.24) is 9.97 Å². The first kappa shape index (κ1) is 10.2.